The van der Waals surface area contributed by atoms with Gasteiger partial charge in [0.05, 0.1) is 23.2 Å². The van der Waals surface area contributed by atoms with Gasteiger partial charge in [-0.15, -0.1) is 0 Å². The highest BCUT2D eigenvalue weighted by atomic mass is 35.5. The molecule has 1 aliphatic carbocycles. The van der Waals surface area contributed by atoms with Crippen LogP contribution in [0, 0.1) is 0 Å². The van der Waals surface area contributed by atoms with Gasteiger partial charge in [0, 0.05) is 45.0 Å². The molecule has 1 saturated carbocycles. The zero-order chi connectivity index (χ0) is 24.2. The molecule has 1 saturated heterocycles. The number of halogens is 4. The van der Waals surface area contributed by atoms with Crippen molar-refractivity contribution in [1.82, 2.24) is 14.7 Å². The fourth-order valence-electron chi connectivity index (χ4n) is 4.63. The molecule has 0 bridgehead atoms. The second kappa shape index (κ2) is 11.1. The highest BCUT2D eigenvalue weighted by Crippen LogP contribution is 2.36. The van der Waals surface area contributed by atoms with Crippen LogP contribution >= 0.6 is 11.6 Å². The highest BCUT2D eigenvalue weighted by molar-refractivity contribution is 6.31. The second-order valence-electron chi connectivity index (χ2n) is 8.97. The smallest absolute Gasteiger partial charge is 0.341 e. The Labute approximate surface area is 198 Å². The topological polar surface area (TPSA) is 55.9 Å². The van der Waals surface area contributed by atoms with Gasteiger partial charge in [-0.05, 0) is 38.0 Å². The van der Waals surface area contributed by atoms with E-state index in [9.17, 15) is 22.8 Å². The number of rotatable bonds is 6. The molecule has 0 spiro atoms. The molecule has 3 rings (SSSR count). The van der Waals surface area contributed by atoms with Crippen molar-refractivity contribution in [3.8, 4) is 0 Å². The molecule has 1 N–H and O–H groups in total. The van der Waals surface area contributed by atoms with Crippen LogP contribution in [0.4, 0.5) is 18.9 Å². The van der Waals surface area contributed by atoms with Crippen LogP contribution in [0.3, 0.4) is 0 Å². The van der Waals surface area contributed by atoms with Crippen molar-refractivity contribution in [3.63, 3.8) is 0 Å². The summed E-state index contributed by atoms with van der Waals surface area (Å²) in [6, 6.07) is 3.42. The van der Waals surface area contributed by atoms with Crippen molar-refractivity contribution < 1.29 is 22.8 Å². The number of nitrogens with zero attached hydrogens (tertiary/aromatic N) is 3. The summed E-state index contributed by atoms with van der Waals surface area (Å²) in [6.45, 7) is 4.51. The molecular weight excluding hydrogens is 457 g/mol. The number of hydrogen-bond donors (Lipinski definition) is 1. The van der Waals surface area contributed by atoms with Crippen molar-refractivity contribution >= 4 is 29.1 Å². The molecular formula is C23H32ClF3N4O2. The molecule has 6 nitrogen and oxygen atoms in total. The number of carbonyl (C=O) groups excluding carboxylic acids is 2. The number of hydrogen-bond acceptors (Lipinski definition) is 4. The van der Waals surface area contributed by atoms with Gasteiger partial charge in [-0.1, -0.05) is 30.9 Å². The Kier molecular flexibility index (Phi) is 8.64. The third kappa shape index (κ3) is 6.83. The van der Waals surface area contributed by atoms with Gasteiger partial charge >= 0.3 is 6.18 Å². The molecule has 1 aromatic rings. The summed E-state index contributed by atoms with van der Waals surface area (Å²) >= 11 is 5.63. The van der Waals surface area contributed by atoms with Crippen molar-refractivity contribution in [1.29, 1.82) is 0 Å². The Morgan fingerprint density at radius 2 is 1.79 bits per heavy atom. The van der Waals surface area contributed by atoms with Crippen LogP contribution in [-0.4, -0.2) is 78.4 Å². The summed E-state index contributed by atoms with van der Waals surface area (Å²) < 4.78 is 39.0. The Morgan fingerprint density at radius 3 is 2.39 bits per heavy atom. The van der Waals surface area contributed by atoms with Crippen molar-refractivity contribution in [2.75, 3.05) is 45.1 Å². The number of carbonyl (C=O) groups is 2. The van der Waals surface area contributed by atoms with Crippen LogP contribution in [0.15, 0.2) is 18.2 Å². The first kappa shape index (κ1) is 25.8. The summed E-state index contributed by atoms with van der Waals surface area (Å²) in [5.41, 5.74) is -0.923. The van der Waals surface area contributed by atoms with E-state index in [4.69, 9.17) is 11.6 Å². The first-order valence-electron chi connectivity index (χ1n) is 11.5. The fourth-order valence-corrected chi connectivity index (χ4v) is 4.86. The number of alkyl halides is 3. The molecule has 0 unspecified atom stereocenters. The summed E-state index contributed by atoms with van der Waals surface area (Å²) in [6.07, 6.45) is 1.13. The van der Waals surface area contributed by atoms with Crippen molar-refractivity contribution in [2.45, 2.75) is 57.3 Å². The molecule has 2 fully saturated rings. The largest absolute Gasteiger partial charge is 0.417 e. The van der Waals surface area contributed by atoms with Gasteiger partial charge < -0.3 is 10.2 Å². The minimum Gasteiger partial charge on any atom is -0.341 e. The Morgan fingerprint density at radius 1 is 1.15 bits per heavy atom. The van der Waals surface area contributed by atoms with Crippen LogP contribution < -0.4 is 5.32 Å². The Bertz CT molecular complexity index is 837. The van der Waals surface area contributed by atoms with E-state index in [0.29, 0.717) is 32.2 Å². The van der Waals surface area contributed by atoms with Gasteiger partial charge in [-0.2, -0.15) is 13.2 Å². The molecule has 10 heteroatoms. The first-order chi connectivity index (χ1) is 15.6. The number of likely N-dealkylation sites (N-methyl/N-ethyl adjacent to an activating group) is 1. The zero-order valence-electron chi connectivity index (χ0n) is 19.1. The summed E-state index contributed by atoms with van der Waals surface area (Å²) in [5, 5.41) is 2.11. The minimum atomic E-state index is -4.59. The van der Waals surface area contributed by atoms with Crippen LogP contribution in [0.25, 0.3) is 0 Å². The Balaban J connectivity index is 1.47. The molecule has 2 aliphatic rings. The van der Waals surface area contributed by atoms with Crippen LogP contribution in [-0.2, 0) is 15.8 Å². The number of anilines is 1. The first-order valence-corrected chi connectivity index (χ1v) is 11.8. The molecule has 1 atom stereocenters. The van der Waals surface area contributed by atoms with Gasteiger partial charge in [0.2, 0.25) is 11.8 Å². The normalized spacial score (nSPS) is 19.8. The molecule has 0 aromatic heterocycles. The van der Waals surface area contributed by atoms with E-state index in [1.165, 1.54) is 25.3 Å². The molecule has 0 radical (unpaired) electrons. The highest BCUT2D eigenvalue weighted by Gasteiger charge is 2.34. The van der Waals surface area contributed by atoms with E-state index < -0.39 is 16.8 Å². The second-order valence-corrected chi connectivity index (χ2v) is 9.38. The molecule has 2 amide bonds. The lowest BCUT2D eigenvalue weighted by Gasteiger charge is -2.40. The van der Waals surface area contributed by atoms with Gasteiger partial charge in [0.1, 0.15) is 0 Å². The van der Waals surface area contributed by atoms with E-state index >= 15 is 0 Å². The van der Waals surface area contributed by atoms with E-state index in [0.717, 1.165) is 25.0 Å². The quantitative estimate of drug-likeness (QED) is 0.655. The standard InChI is InChI=1S/C23H32ClF3N4O2/c1-16(22(33)29(2)18-6-4-3-5-7-18)31-12-10-30(11-13-31)15-21(32)28-17-8-9-20(24)19(14-17)23(25,26)27/h8-9,14,16,18H,3-7,10-13,15H2,1-2H3,(H,28,32)/t16-/m0/s1. The van der Waals surface area contributed by atoms with Gasteiger partial charge in [-0.25, -0.2) is 0 Å². The van der Waals surface area contributed by atoms with Gasteiger partial charge in [-0.3, -0.25) is 19.4 Å². The fraction of sp³-hybridized carbons (Fsp3) is 0.652. The van der Waals surface area contributed by atoms with Crippen LogP contribution in [0.5, 0.6) is 0 Å². The van der Waals surface area contributed by atoms with Crippen LogP contribution in [0.1, 0.15) is 44.6 Å². The lowest BCUT2D eigenvalue weighted by molar-refractivity contribution is -0.139. The maximum absolute atomic E-state index is 13.0. The third-order valence-electron chi connectivity index (χ3n) is 6.70. The average molecular weight is 489 g/mol. The third-order valence-corrected chi connectivity index (χ3v) is 7.03. The average Bonchev–Trinajstić information content (AvgIpc) is 2.79. The number of amides is 2. The van der Waals surface area contributed by atoms with Crippen LogP contribution in [0.2, 0.25) is 5.02 Å². The number of nitrogens with one attached hydrogen (secondary N) is 1. The van der Waals surface area contributed by atoms with Gasteiger partial charge in [0.15, 0.2) is 0 Å². The molecule has 1 aliphatic heterocycles. The number of piperazine rings is 1. The van der Waals surface area contributed by atoms with E-state index in [2.05, 4.69) is 10.2 Å². The zero-order valence-corrected chi connectivity index (χ0v) is 19.9. The van der Waals surface area contributed by atoms with E-state index in [1.54, 1.807) is 0 Å². The minimum absolute atomic E-state index is 0.0559. The summed E-state index contributed by atoms with van der Waals surface area (Å²) in [7, 11) is 1.90. The predicted molar refractivity (Wildman–Crippen MR) is 122 cm³/mol. The van der Waals surface area contributed by atoms with E-state index in [1.807, 2.05) is 23.8 Å². The lowest BCUT2D eigenvalue weighted by atomic mass is 9.94. The SMILES string of the molecule is C[C@@H](C(=O)N(C)C1CCCCC1)N1CCN(CC(=O)Nc2ccc(Cl)c(C(F)(F)F)c2)CC1. The Hall–Kier alpha value is -1.84. The summed E-state index contributed by atoms with van der Waals surface area (Å²) in [5.74, 6) is -0.253. The monoisotopic (exact) mass is 488 g/mol. The maximum Gasteiger partial charge on any atom is 0.417 e. The molecule has 184 valence electrons. The van der Waals surface area contributed by atoms with Gasteiger partial charge in [0.25, 0.3) is 0 Å². The van der Waals surface area contributed by atoms with Crippen molar-refractivity contribution in [3.05, 3.63) is 28.8 Å². The summed E-state index contributed by atoms with van der Waals surface area (Å²) in [4.78, 5) is 31.3. The number of benzene rings is 1. The molecule has 33 heavy (non-hydrogen) atoms. The van der Waals surface area contributed by atoms with E-state index in [-0.39, 0.29) is 30.1 Å². The maximum atomic E-state index is 13.0. The lowest BCUT2D eigenvalue weighted by Crippen LogP contribution is -2.56. The predicted octanol–water partition coefficient (Wildman–Crippen LogP) is 4.09. The molecule has 1 aromatic carbocycles. The van der Waals surface area contributed by atoms with Crippen molar-refractivity contribution in [2.24, 2.45) is 0 Å². The molecule has 1 heterocycles.